The van der Waals surface area contributed by atoms with Crippen LogP contribution in [-0.2, 0) is 19.9 Å². The Labute approximate surface area is 163 Å². The van der Waals surface area contributed by atoms with Gasteiger partial charge in [-0.05, 0) is 76.1 Å². The summed E-state index contributed by atoms with van der Waals surface area (Å²) in [7, 11) is 1.94. The van der Waals surface area contributed by atoms with Crippen molar-refractivity contribution in [2.75, 3.05) is 6.61 Å². The molecular weight excluding hydrogens is 336 g/mol. The van der Waals surface area contributed by atoms with Crippen molar-refractivity contribution in [2.24, 2.45) is 12.8 Å². The van der Waals surface area contributed by atoms with Gasteiger partial charge < -0.3 is 15.4 Å². The first kappa shape index (κ1) is 21.4. The van der Waals surface area contributed by atoms with Crippen LogP contribution < -0.4 is 5.73 Å². The summed E-state index contributed by atoms with van der Waals surface area (Å²) < 4.78 is 1.97. The van der Waals surface area contributed by atoms with Gasteiger partial charge in [0.25, 0.3) is 0 Å². The predicted molar refractivity (Wildman–Crippen MR) is 111 cm³/mol. The maximum absolute atomic E-state index is 12.6. The molecule has 1 aromatic heterocycles. The molecule has 0 aliphatic heterocycles. The molecule has 0 amide bonds. The lowest BCUT2D eigenvalue weighted by Crippen LogP contribution is -2.40. The fraction of sp³-hybridized carbons (Fsp3) is 0.522. The average Bonchev–Trinajstić information content (AvgIpc) is 2.99. The zero-order chi connectivity index (χ0) is 20.0. The van der Waals surface area contributed by atoms with Gasteiger partial charge >= 0.3 is 0 Å². The Balaban J connectivity index is 1.84. The molecule has 0 saturated carbocycles. The third-order valence-electron chi connectivity index (χ3n) is 5.42. The quantitative estimate of drug-likeness (QED) is 0.493. The van der Waals surface area contributed by atoms with Crippen molar-refractivity contribution >= 4 is 5.78 Å². The predicted octanol–water partition coefficient (Wildman–Crippen LogP) is 3.88. The molecule has 1 aromatic carbocycles. The number of carbonyl (C=O) groups is 1. The average molecular weight is 371 g/mol. The first-order chi connectivity index (χ1) is 12.7. The second-order valence-electron chi connectivity index (χ2n) is 8.14. The van der Waals surface area contributed by atoms with Gasteiger partial charge in [0.05, 0.1) is 12.3 Å². The monoisotopic (exact) mass is 370 g/mol. The Morgan fingerprint density at radius 2 is 1.89 bits per heavy atom. The molecule has 1 unspecified atom stereocenters. The van der Waals surface area contributed by atoms with Crippen LogP contribution in [-0.4, -0.2) is 27.6 Å². The van der Waals surface area contributed by atoms with E-state index in [0.717, 1.165) is 37.1 Å². The topological polar surface area (TPSA) is 68.2 Å². The Morgan fingerprint density at radius 1 is 1.15 bits per heavy atom. The Kier molecular flexibility index (Phi) is 7.40. The van der Waals surface area contributed by atoms with Crippen molar-refractivity contribution in [3.8, 4) is 0 Å². The van der Waals surface area contributed by atoms with Crippen LogP contribution >= 0.6 is 0 Å². The van der Waals surface area contributed by atoms with Gasteiger partial charge in [0, 0.05) is 24.7 Å². The second-order valence-corrected chi connectivity index (χ2v) is 8.14. The zero-order valence-corrected chi connectivity index (χ0v) is 17.2. The maximum Gasteiger partial charge on any atom is 0.179 e. The van der Waals surface area contributed by atoms with Gasteiger partial charge in [0.2, 0.25) is 0 Å². The summed E-state index contributed by atoms with van der Waals surface area (Å²) in [6.45, 7) is 6.07. The smallest absolute Gasteiger partial charge is 0.179 e. The van der Waals surface area contributed by atoms with Gasteiger partial charge in [-0.2, -0.15) is 0 Å². The Bertz CT molecular complexity index is 775. The first-order valence-electron chi connectivity index (χ1n) is 9.87. The molecule has 1 atom stereocenters. The van der Waals surface area contributed by atoms with Crippen molar-refractivity contribution in [1.82, 2.24) is 4.57 Å². The number of aliphatic hydroxyl groups is 1. The molecule has 148 valence electrons. The lowest BCUT2D eigenvalue weighted by molar-refractivity contribution is 0.0971. The van der Waals surface area contributed by atoms with Crippen molar-refractivity contribution in [3.63, 3.8) is 0 Å². The number of aliphatic hydroxyl groups excluding tert-OH is 1. The molecule has 3 N–H and O–H groups in total. The van der Waals surface area contributed by atoms with Gasteiger partial charge in [0.15, 0.2) is 5.78 Å². The summed E-state index contributed by atoms with van der Waals surface area (Å²) in [6.07, 6.45) is 4.96. The van der Waals surface area contributed by atoms with Gasteiger partial charge in [-0.25, -0.2) is 0 Å². The number of benzene rings is 1. The molecule has 2 aromatic rings. The van der Waals surface area contributed by atoms with Crippen LogP contribution in [0.1, 0.15) is 65.5 Å². The molecule has 2 rings (SSSR count). The fourth-order valence-electron chi connectivity index (χ4n) is 3.43. The highest BCUT2D eigenvalue weighted by Gasteiger charge is 2.19. The van der Waals surface area contributed by atoms with Crippen LogP contribution in [0.4, 0.5) is 0 Å². The molecule has 1 heterocycles. The number of Topliss-reactive ketones (excluding diaryl/α,β-unsaturated/α-hetero) is 1. The van der Waals surface area contributed by atoms with E-state index < -0.39 is 5.54 Å². The zero-order valence-electron chi connectivity index (χ0n) is 17.2. The second kappa shape index (κ2) is 9.34. The third-order valence-corrected chi connectivity index (χ3v) is 5.42. The fourth-order valence-corrected chi connectivity index (χ4v) is 3.43. The molecule has 0 fully saturated rings. The van der Waals surface area contributed by atoms with E-state index in [1.54, 1.807) is 0 Å². The number of nitrogens with two attached hydrogens (primary N) is 1. The first-order valence-corrected chi connectivity index (χ1v) is 9.87. The largest absolute Gasteiger partial charge is 0.394 e. The van der Waals surface area contributed by atoms with Crippen LogP contribution in [0.15, 0.2) is 30.3 Å². The molecule has 0 aliphatic carbocycles. The van der Waals surface area contributed by atoms with Crippen LogP contribution in [0, 0.1) is 13.8 Å². The van der Waals surface area contributed by atoms with Gasteiger partial charge in [0.1, 0.15) is 0 Å². The molecule has 0 radical (unpaired) electrons. The lowest BCUT2D eigenvalue weighted by atomic mass is 9.97. The Morgan fingerprint density at radius 3 is 2.56 bits per heavy atom. The molecular formula is C23H34N2O2. The number of aryl methyl sites for hydroxylation is 4. The Hall–Kier alpha value is -1.91. The third kappa shape index (κ3) is 6.05. The highest BCUT2D eigenvalue weighted by atomic mass is 16.3. The molecule has 0 saturated heterocycles. The van der Waals surface area contributed by atoms with E-state index in [0.29, 0.717) is 12.8 Å². The van der Waals surface area contributed by atoms with E-state index in [2.05, 4.69) is 32.0 Å². The molecule has 0 spiro atoms. The molecule has 4 heteroatoms. The summed E-state index contributed by atoms with van der Waals surface area (Å²) in [6, 6.07) is 10.5. The number of aromatic nitrogens is 1. The van der Waals surface area contributed by atoms with Crippen molar-refractivity contribution < 1.29 is 9.90 Å². The highest BCUT2D eigenvalue weighted by molar-refractivity contribution is 5.94. The SMILES string of the molecule is Cc1ccc(CCCCC(=O)c2ccc(CCC(C)(N)CO)n2C)c(C)c1. The number of carbonyl (C=O) groups excluding carboxylic acids is 1. The van der Waals surface area contributed by atoms with Crippen LogP contribution in [0.2, 0.25) is 0 Å². The number of unbranched alkanes of at least 4 members (excludes halogenated alkanes) is 1. The van der Waals surface area contributed by atoms with Gasteiger partial charge in [-0.3, -0.25) is 4.79 Å². The van der Waals surface area contributed by atoms with Crippen LogP contribution in [0.5, 0.6) is 0 Å². The van der Waals surface area contributed by atoms with Gasteiger partial charge in [-0.1, -0.05) is 23.8 Å². The van der Waals surface area contributed by atoms with E-state index in [9.17, 15) is 9.90 Å². The van der Waals surface area contributed by atoms with E-state index in [4.69, 9.17) is 5.73 Å². The summed E-state index contributed by atoms with van der Waals surface area (Å²) in [5, 5.41) is 9.28. The van der Waals surface area contributed by atoms with E-state index in [1.165, 1.54) is 16.7 Å². The van der Waals surface area contributed by atoms with E-state index in [-0.39, 0.29) is 12.4 Å². The normalized spacial score (nSPS) is 13.6. The minimum Gasteiger partial charge on any atom is -0.394 e. The summed E-state index contributed by atoms with van der Waals surface area (Å²) in [4.78, 5) is 12.6. The number of rotatable bonds is 10. The minimum atomic E-state index is -0.581. The number of hydrogen-bond donors (Lipinski definition) is 2. The van der Waals surface area contributed by atoms with E-state index in [1.807, 2.05) is 30.7 Å². The van der Waals surface area contributed by atoms with Gasteiger partial charge in [-0.15, -0.1) is 0 Å². The standard InChI is InChI=1S/C23H34N2O2/c1-17-9-10-19(18(2)15-17)7-5-6-8-22(27)21-12-11-20(25(21)4)13-14-23(3,24)16-26/h9-12,15,26H,5-8,13-14,16,24H2,1-4H3. The molecule has 4 nitrogen and oxygen atoms in total. The van der Waals surface area contributed by atoms with Crippen LogP contribution in [0.25, 0.3) is 0 Å². The highest BCUT2D eigenvalue weighted by Crippen LogP contribution is 2.18. The van der Waals surface area contributed by atoms with Crippen molar-refractivity contribution in [1.29, 1.82) is 0 Å². The number of ketones is 1. The van der Waals surface area contributed by atoms with Crippen LogP contribution in [0.3, 0.4) is 0 Å². The van der Waals surface area contributed by atoms with E-state index >= 15 is 0 Å². The molecule has 27 heavy (non-hydrogen) atoms. The molecule has 0 aliphatic rings. The minimum absolute atomic E-state index is 0.0380. The van der Waals surface area contributed by atoms with Crippen molar-refractivity contribution in [2.45, 2.75) is 64.8 Å². The summed E-state index contributed by atoms with van der Waals surface area (Å²) in [5.41, 5.74) is 11.3. The number of nitrogens with zero attached hydrogens (tertiary/aromatic N) is 1. The van der Waals surface area contributed by atoms with Crippen molar-refractivity contribution in [3.05, 3.63) is 58.4 Å². The number of hydrogen-bond acceptors (Lipinski definition) is 3. The lowest BCUT2D eigenvalue weighted by Gasteiger charge is -2.21. The summed E-state index contributed by atoms with van der Waals surface area (Å²) >= 11 is 0. The molecule has 0 bridgehead atoms. The maximum atomic E-state index is 12.6. The summed E-state index contributed by atoms with van der Waals surface area (Å²) in [5.74, 6) is 0.196.